The lowest BCUT2D eigenvalue weighted by Gasteiger charge is -2.32. The smallest absolute Gasteiger partial charge is 0.132 e. The summed E-state index contributed by atoms with van der Waals surface area (Å²) in [5, 5.41) is 0. The maximum Gasteiger partial charge on any atom is 0.132 e. The Morgan fingerprint density at radius 3 is 2.65 bits per heavy atom. The molecule has 0 bridgehead atoms. The van der Waals surface area contributed by atoms with Gasteiger partial charge < -0.3 is 10.6 Å². The van der Waals surface area contributed by atoms with Gasteiger partial charge >= 0.3 is 0 Å². The monoisotopic (exact) mass is 234 g/mol. The van der Waals surface area contributed by atoms with Gasteiger partial charge in [0, 0.05) is 24.8 Å². The summed E-state index contributed by atoms with van der Waals surface area (Å²) >= 11 is 0. The minimum Gasteiger partial charge on any atom is -0.356 e. The molecular formula is C13H22N4. The van der Waals surface area contributed by atoms with E-state index in [0.29, 0.717) is 5.92 Å². The quantitative estimate of drug-likeness (QED) is 0.861. The molecule has 0 aliphatic carbocycles. The van der Waals surface area contributed by atoms with Crippen LogP contribution in [0.4, 0.5) is 5.82 Å². The SMILES string of the molecule is CCc1cc(N2CCC(CN)CC2)nc(C)n1. The maximum absolute atomic E-state index is 5.71. The van der Waals surface area contributed by atoms with Crippen molar-refractivity contribution >= 4 is 5.82 Å². The summed E-state index contributed by atoms with van der Waals surface area (Å²) in [6, 6.07) is 2.12. The zero-order valence-electron chi connectivity index (χ0n) is 10.8. The third-order valence-electron chi connectivity index (χ3n) is 3.51. The molecule has 1 aliphatic heterocycles. The van der Waals surface area contributed by atoms with Crippen molar-refractivity contribution in [1.82, 2.24) is 9.97 Å². The van der Waals surface area contributed by atoms with Crippen molar-refractivity contribution in [1.29, 1.82) is 0 Å². The average Bonchev–Trinajstić information content (AvgIpc) is 2.38. The summed E-state index contributed by atoms with van der Waals surface area (Å²) in [7, 11) is 0. The Bertz CT molecular complexity index is 370. The van der Waals surface area contributed by atoms with Gasteiger partial charge in [-0.15, -0.1) is 0 Å². The molecule has 4 heteroatoms. The van der Waals surface area contributed by atoms with Crippen LogP contribution in [0.5, 0.6) is 0 Å². The van der Waals surface area contributed by atoms with E-state index in [-0.39, 0.29) is 0 Å². The molecule has 2 N–H and O–H groups in total. The predicted octanol–water partition coefficient (Wildman–Crippen LogP) is 1.52. The topological polar surface area (TPSA) is 55.0 Å². The van der Waals surface area contributed by atoms with Crippen LogP contribution in [-0.2, 0) is 6.42 Å². The number of rotatable bonds is 3. The Hall–Kier alpha value is -1.16. The third-order valence-corrected chi connectivity index (χ3v) is 3.51. The van der Waals surface area contributed by atoms with Crippen molar-refractivity contribution in [2.75, 3.05) is 24.5 Å². The molecule has 4 nitrogen and oxygen atoms in total. The Balaban J connectivity index is 2.10. The summed E-state index contributed by atoms with van der Waals surface area (Å²) in [5.74, 6) is 2.66. The van der Waals surface area contributed by atoms with Crippen LogP contribution in [0.1, 0.15) is 31.3 Å². The molecule has 1 aliphatic rings. The zero-order chi connectivity index (χ0) is 12.3. The van der Waals surface area contributed by atoms with Crippen LogP contribution >= 0.6 is 0 Å². The first-order valence-corrected chi connectivity index (χ1v) is 6.52. The second kappa shape index (κ2) is 5.45. The first-order valence-electron chi connectivity index (χ1n) is 6.52. The van der Waals surface area contributed by atoms with E-state index in [0.717, 1.165) is 43.4 Å². The number of aryl methyl sites for hydroxylation is 2. The van der Waals surface area contributed by atoms with Crippen molar-refractivity contribution in [3.05, 3.63) is 17.6 Å². The van der Waals surface area contributed by atoms with Crippen LogP contribution in [0.15, 0.2) is 6.07 Å². The number of aromatic nitrogens is 2. The molecule has 2 rings (SSSR count). The van der Waals surface area contributed by atoms with Crippen LogP contribution < -0.4 is 10.6 Å². The highest BCUT2D eigenvalue weighted by Crippen LogP contribution is 2.21. The minimum absolute atomic E-state index is 0.694. The Kier molecular flexibility index (Phi) is 3.94. The molecule has 0 saturated carbocycles. The van der Waals surface area contributed by atoms with Crippen molar-refractivity contribution in [2.45, 2.75) is 33.1 Å². The first-order chi connectivity index (χ1) is 8.22. The Morgan fingerprint density at radius 1 is 1.35 bits per heavy atom. The predicted molar refractivity (Wildman–Crippen MR) is 70.1 cm³/mol. The average molecular weight is 234 g/mol. The van der Waals surface area contributed by atoms with E-state index in [1.807, 2.05) is 6.92 Å². The summed E-state index contributed by atoms with van der Waals surface area (Å²) in [5.41, 5.74) is 6.85. The zero-order valence-corrected chi connectivity index (χ0v) is 10.8. The van der Waals surface area contributed by atoms with Crippen molar-refractivity contribution in [3.63, 3.8) is 0 Å². The van der Waals surface area contributed by atoms with E-state index < -0.39 is 0 Å². The number of hydrogen-bond acceptors (Lipinski definition) is 4. The highest BCUT2D eigenvalue weighted by Gasteiger charge is 2.19. The van der Waals surface area contributed by atoms with E-state index in [1.165, 1.54) is 12.8 Å². The molecule has 0 radical (unpaired) electrons. The highest BCUT2D eigenvalue weighted by atomic mass is 15.2. The van der Waals surface area contributed by atoms with Gasteiger partial charge in [-0.2, -0.15) is 0 Å². The second-order valence-corrected chi connectivity index (χ2v) is 4.78. The van der Waals surface area contributed by atoms with E-state index in [4.69, 9.17) is 5.73 Å². The van der Waals surface area contributed by atoms with Gasteiger partial charge in [-0.05, 0) is 38.6 Å². The van der Waals surface area contributed by atoms with Gasteiger partial charge in [0.1, 0.15) is 11.6 Å². The third kappa shape index (κ3) is 2.94. The van der Waals surface area contributed by atoms with E-state index in [2.05, 4.69) is 27.9 Å². The van der Waals surface area contributed by atoms with Gasteiger partial charge in [0.25, 0.3) is 0 Å². The lowest BCUT2D eigenvalue weighted by Crippen LogP contribution is -2.36. The maximum atomic E-state index is 5.71. The van der Waals surface area contributed by atoms with Gasteiger partial charge in [0.05, 0.1) is 0 Å². The lowest BCUT2D eigenvalue weighted by atomic mass is 9.97. The van der Waals surface area contributed by atoms with Gasteiger partial charge in [-0.1, -0.05) is 6.92 Å². The molecule has 0 spiro atoms. The Morgan fingerprint density at radius 2 is 2.06 bits per heavy atom. The molecule has 2 heterocycles. The van der Waals surface area contributed by atoms with Crippen LogP contribution in [-0.4, -0.2) is 29.6 Å². The van der Waals surface area contributed by atoms with Crippen molar-refractivity contribution < 1.29 is 0 Å². The fourth-order valence-corrected chi connectivity index (χ4v) is 2.35. The van der Waals surface area contributed by atoms with E-state index >= 15 is 0 Å². The summed E-state index contributed by atoms with van der Waals surface area (Å²) in [6.07, 6.45) is 3.33. The second-order valence-electron chi connectivity index (χ2n) is 4.78. The van der Waals surface area contributed by atoms with E-state index in [9.17, 15) is 0 Å². The van der Waals surface area contributed by atoms with Crippen LogP contribution in [0.25, 0.3) is 0 Å². The van der Waals surface area contributed by atoms with Crippen LogP contribution in [0, 0.1) is 12.8 Å². The minimum atomic E-state index is 0.694. The molecule has 17 heavy (non-hydrogen) atoms. The number of nitrogens with zero attached hydrogens (tertiary/aromatic N) is 3. The summed E-state index contributed by atoms with van der Waals surface area (Å²) in [4.78, 5) is 11.3. The van der Waals surface area contributed by atoms with E-state index in [1.54, 1.807) is 0 Å². The molecule has 1 saturated heterocycles. The number of hydrogen-bond donors (Lipinski definition) is 1. The van der Waals surface area contributed by atoms with Gasteiger partial charge in [-0.25, -0.2) is 9.97 Å². The molecule has 0 aromatic carbocycles. The molecule has 1 aromatic heterocycles. The van der Waals surface area contributed by atoms with Crippen molar-refractivity contribution in [2.24, 2.45) is 11.7 Å². The van der Waals surface area contributed by atoms with Gasteiger partial charge in [-0.3, -0.25) is 0 Å². The number of piperidine rings is 1. The number of nitrogens with two attached hydrogens (primary N) is 1. The lowest BCUT2D eigenvalue weighted by molar-refractivity contribution is 0.413. The molecule has 1 aromatic rings. The fourth-order valence-electron chi connectivity index (χ4n) is 2.35. The first kappa shape index (κ1) is 12.3. The highest BCUT2D eigenvalue weighted by molar-refractivity contribution is 5.40. The van der Waals surface area contributed by atoms with Gasteiger partial charge in [0.15, 0.2) is 0 Å². The molecular weight excluding hydrogens is 212 g/mol. The molecule has 0 amide bonds. The fraction of sp³-hybridized carbons (Fsp3) is 0.692. The van der Waals surface area contributed by atoms with Crippen LogP contribution in [0.3, 0.4) is 0 Å². The molecule has 1 fully saturated rings. The normalized spacial score (nSPS) is 17.5. The summed E-state index contributed by atoms with van der Waals surface area (Å²) in [6.45, 7) is 7.06. The largest absolute Gasteiger partial charge is 0.356 e. The molecule has 0 atom stereocenters. The van der Waals surface area contributed by atoms with Crippen molar-refractivity contribution in [3.8, 4) is 0 Å². The van der Waals surface area contributed by atoms with Gasteiger partial charge in [0.2, 0.25) is 0 Å². The standard InChI is InChI=1S/C13H22N4/c1-3-12-8-13(16-10(2)15-12)17-6-4-11(9-14)5-7-17/h8,11H,3-7,9,14H2,1-2H3. The Labute approximate surface area is 103 Å². The molecule has 94 valence electrons. The molecule has 0 unspecified atom stereocenters. The van der Waals surface area contributed by atoms with Crippen LogP contribution in [0.2, 0.25) is 0 Å². The number of anilines is 1. The summed E-state index contributed by atoms with van der Waals surface area (Å²) < 4.78 is 0.